The van der Waals surface area contributed by atoms with Crippen LogP contribution in [0.2, 0.25) is 0 Å². The quantitative estimate of drug-likeness (QED) is 0.579. The van der Waals surface area contributed by atoms with E-state index in [2.05, 4.69) is 27.7 Å². The van der Waals surface area contributed by atoms with Crippen molar-refractivity contribution in [1.29, 1.82) is 0 Å². The average molecular weight is 224 g/mol. The molecule has 3 fully saturated rings. The highest BCUT2D eigenvalue weighted by Crippen LogP contribution is 2.48. The zero-order valence-corrected chi connectivity index (χ0v) is 11.1. The van der Waals surface area contributed by atoms with Crippen LogP contribution in [0.1, 0.15) is 73.6 Å². The van der Waals surface area contributed by atoms with Crippen molar-refractivity contribution in [2.75, 3.05) is 0 Å². The zero-order chi connectivity index (χ0) is 11.1. The molecule has 0 N–H and O–H groups in total. The van der Waals surface area contributed by atoms with E-state index < -0.39 is 0 Å². The molecule has 3 saturated carbocycles. The first kappa shape index (κ1) is 14.1. The van der Waals surface area contributed by atoms with Gasteiger partial charge in [-0.05, 0) is 67.6 Å². The molecular formula is C16H32. The monoisotopic (exact) mass is 224 g/mol. The second kappa shape index (κ2) is 5.10. The lowest BCUT2D eigenvalue weighted by Gasteiger charge is -2.15. The van der Waals surface area contributed by atoms with Crippen molar-refractivity contribution in [2.45, 2.75) is 73.6 Å². The Hall–Kier alpha value is 0. The summed E-state index contributed by atoms with van der Waals surface area (Å²) in [5.41, 5.74) is 0.611. The van der Waals surface area contributed by atoms with Crippen LogP contribution in [0.5, 0.6) is 0 Å². The summed E-state index contributed by atoms with van der Waals surface area (Å²) < 4.78 is 0. The average Bonchev–Trinajstić information content (AvgIpc) is 3.05. The summed E-state index contributed by atoms with van der Waals surface area (Å²) in [6.07, 6.45) is 9.11. The summed E-state index contributed by atoms with van der Waals surface area (Å²) in [6, 6.07) is 0. The fourth-order valence-corrected chi connectivity index (χ4v) is 2.58. The van der Waals surface area contributed by atoms with Crippen LogP contribution in [-0.2, 0) is 0 Å². The molecule has 3 rings (SSSR count). The predicted octanol–water partition coefficient (Wildman–Crippen LogP) is 5.52. The van der Waals surface area contributed by atoms with Crippen molar-refractivity contribution in [3.05, 3.63) is 0 Å². The Balaban J connectivity index is 0.000000152. The SMILES string of the molecule is C.CC(C)(C)C1CC1.CC(C1CC1)C1CC1. The molecule has 0 heteroatoms. The third-order valence-electron chi connectivity index (χ3n) is 4.53. The first-order chi connectivity index (χ1) is 6.98. The topological polar surface area (TPSA) is 0 Å². The van der Waals surface area contributed by atoms with Crippen molar-refractivity contribution in [1.82, 2.24) is 0 Å². The summed E-state index contributed by atoms with van der Waals surface area (Å²) in [6.45, 7) is 9.41. The number of hydrogen-bond acceptors (Lipinski definition) is 0. The van der Waals surface area contributed by atoms with Crippen LogP contribution < -0.4 is 0 Å². The molecule has 0 aromatic rings. The lowest BCUT2D eigenvalue weighted by Crippen LogP contribution is -2.06. The molecule has 0 nitrogen and oxygen atoms in total. The molecule has 0 atom stereocenters. The maximum atomic E-state index is 2.44. The van der Waals surface area contributed by atoms with Crippen LogP contribution in [-0.4, -0.2) is 0 Å². The van der Waals surface area contributed by atoms with Crippen molar-refractivity contribution in [3.63, 3.8) is 0 Å². The Morgan fingerprint density at radius 3 is 1.31 bits per heavy atom. The molecule has 96 valence electrons. The molecule has 0 aromatic carbocycles. The van der Waals surface area contributed by atoms with E-state index >= 15 is 0 Å². The maximum absolute atomic E-state index is 2.44. The van der Waals surface area contributed by atoms with Gasteiger partial charge in [0.25, 0.3) is 0 Å². The largest absolute Gasteiger partial charge is 0.0776 e. The van der Waals surface area contributed by atoms with Crippen LogP contribution in [0.25, 0.3) is 0 Å². The van der Waals surface area contributed by atoms with Crippen molar-refractivity contribution < 1.29 is 0 Å². The molecule has 3 aliphatic rings. The summed E-state index contributed by atoms with van der Waals surface area (Å²) in [7, 11) is 0. The lowest BCUT2D eigenvalue weighted by atomic mass is 9.91. The van der Waals surface area contributed by atoms with Gasteiger partial charge in [-0.2, -0.15) is 0 Å². The minimum absolute atomic E-state index is 0. The van der Waals surface area contributed by atoms with Gasteiger partial charge < -0.3 is 0 Å². The highest BCUT2D eigenvalue weighted by Gasteiger charge is 2.38. The first-order valence-electron chi connectivity index (χ1n) is 6.98. The number of hydrogen-bond donors (Lipinski definition) is 0. The van der Waals surface area contributed by atoms with Gasteiger partial charge in [-0.1, -0.05) is 35.1 Å². The fraction of sp³-hybridized carbons (Fsp3) is 1.00. The fourth-order valence-electron chi connectivity index (χ4n) is 2.58. The van der Waals surface area contributed by atoms with E-state index in [1.165, 1.54) is 38.5 Å². The summed E-state index contributed by atoms with van der Waals surface area (Å²) in [5.74, 6) is 4.45. The van der Waals surface area contributed by atoms with Gasteiger partial charge in [0, 0.05) is 0 Å². The van der Waals surface area contributed by atoms with Crippen molar-refractivity contribution in [2.24, 2.45) is 29.1 Å². The molecule has 0 aromatic heterocycles. The van der Waals surface area contributed by atoms with E-state index in [9.17, 15) is 0 Å². The standard InChI is InChI=1S/C8H14.C7H14.CH4/c1-6(7-2-3-7)8-4-5-8;1-7(2,3)6-4-5-6;/h6-8H,2-5H2,1H3;6H,4-5H2,1-3H3;1H4. The number of rotatable bonds is 2. The summed E-state index contributed by atoms with van der Waals surface area (Å²) >= 11 is 0. The Kier molecular flexibility index (Phi) is 4.49. The van der Waals surface area contributed by atoms with Gasteiger partial charge in [-0.15, -0.1) is 0 Å². The molecule has 16 heavy (non-hydrogen) atoms. The van der Waals surface area contributed by atoms with Gasteiger partial charge in [-0.3, -0.25) is 0 Å². The van der Waals surface area contributed by atoms with Gasteiger partial charge in [0.2, 0.25) is 0 Å². The molecule has 0 heterocycles. The van der Waals surface area contributed by atoms with Gasteiger partial charge in [0.1, 0.15) is 0 Å². The van der Waals surface area contributed by atoms with Crippen molar-refractivity contribution in [3.8, 4) is 0 Å². The van der Waals surface area contributed by atoms with Gasteiger partial charge in [-0.25, -0.2) is 0 Å². The van der Waals surface area contributed by atoms with Gasteiger partial charge >= 0.3 is 0 Å². The first-order valence-corrected chi connectivity index (χ1v) is 6.98. The molecule has 0 saturated heterocycles. The van der Waals surface area contributed by atoms with E-state index in [4.69, 9.17) is 0 Å². The summed E-state index contributed by atoms with van der Waals surface area (Å²) in [4.78, 5) is 0. The van der Waals surface area contributed by atoms with Gasteiger partial charge in [0.05, 0.1) is 0 Å². The third kappa shape index (κ3) is 4.47. The second-order valence-electron chi connectivity index (χ2n) is 7.17. The van der Waals surface area contributed by atoms with E-state index in [1.54, 1.807) is 0 Å². The van der Waals surface area contributed by atoms with E-state index in [0.29, 0.717) is 5.41 Å². The Morgan fingerprint density at radius 1 is 0.812 bits per heavy atom. The van der Waals surface area contributed by atoms with Crippen LogP contribution in [0, 0.1) is 29.1 Å². The highest BCUT2D eigenvalue weighted by atomic mass is 14.4. The molecule has 0 spiro atoms. The Morgan fingerprint density at radius 2 is 1.19 bits per heavy atom. The van der Waals surface area contributed by atoms with Crippen LogP contribution >= 0.6 is 0 Å². The maximum Gasteiger partial charge on any atom is -0.0354 e. The molecule has 0 aliphatic heterocycles. The molecule has 0 radical (unpaired) electrons. The zero-order valence-electron chi connectivity index (χ0n) is 11.1. The van der Waals surface area contributed by atoms with Crippen LogP contribution in [0.3, 0.4) is 0 Å². The second-order valence-corrected chi connectivity index (χ2v) is 7.17. The van der Waals surface area contributed by atoms with Crippen LogP contribution in [0.15, 0.2) is 0 Å². The minimum atomic E-state index is 0. The lowest BCUT2D eigenvalue weighted by molar-refractivity contribution is 0.351. The minimum Gasteiger partial charge on any atom is -0.0776 e. The molecule has 0 unspecified atom stereocenters. The molecule has 0 bridgehead atoms. The normalized spacial score (nSPS) is 24.6. The molecule has 0 amide bonds. The summed E-state index contributed by atoms with van der Waals surface area (Å²) in [5, 5.41) is 0. The van der Waals surface area contributed by atoms with E-state index in [-0.39, 0.29) is 7.43 Å². The van der Waals surface area contributed by atoms with Gasteiger partial charge in [0.15, 0.2) is 0 Å². The predicted molar refractivity (Wildman–Crippen MR) is 73.5 cm³/mol. The molecular weight excluding hydrogens is 192 g/mol. The smallest absolute Gasteiger partial charge is 0.0354 e. The van der Waals surface area contributed by atoms with E-state index in [1.807, 2.05) is 0 Å². The Bertz CT molecular complexity index is 187. The third-order valence-corrected chi connectivity index (χ3v) is 4.53. The molecule has 3 aliphatic carbocycles. The highest BCUT2D eigenvalue weighted by molar-refractivity contribution is 4.88. The van der Waals surface area contributed by atoms with Crippen LogP contribution in [0.4, 0.5) is 0 Å². The van der Waals surface area contributed by atoms with Crippen molar-refractivity contribution >= 4 is 0 Å². The van der Waals surface area contributed by atoms with E-state index in [0.717, 1.165) is 23.7 Å². The Labute approximate surface area is 103 Å².